The molecule has 1 aromatic carbocycles. The average Bonchev–Trinajstić information content (AvgIpc) is 3.26. The van der Waals surface area contributed by atoms with Crippen LogP contribution in [-0.2, 0) is 12.3 Å². The quantitative estimate of drug-likeness (QED) is 0.365. The minimum atomic E-state index is -0.317. The number of thioether (sulfide) groups is 1. The third kappa shape index (κ3) is 3.38. The Morgan fingerprint density at radius 2 is 2.00 bits per heavy atom. The van der Waals surface area contributed by atoms with Crippen LogP contribution in [0.3, 0.4) is 0 Å². The van der Waals surface area contributed by atoms with Crippen LogP contribution in [0.1, 0.15) is 11.4 Å². The second kappa shape index (κ2) is 7.36. The zero-order valence-corrected chi connectivity index (χ0v) is 15.7. The Morgan fingerprint density at radius 3 is 2.78 bits per heavy atom. The molecular weight excluding hydrogens is 361 g/mol. The maximum absolute atomic E-state index is 14.2. The zero-order chi connectivity index (χ0) is 18.8. The minimum absolute atomic E-state index is 0.317. The van der Waals surface area contributed by atoms with Crippen molar-refractivity contribution in [3.63, 3.8) is 0 Å². The lowest BCUT2D eigenvalue weighted by Crippen LogP contribution is -2.01. The SMILES string of the molecule is C=CCn1c(SCc2cn3c(C)cccc3n2)nnc1-c1ccccc1F. The maximum atomic E-state index is 14.2. The molecule has 0 radical (unpaired) electrons. The normalized spacial score (nSPS) is 11.2. The van der Waals surface area contributed by atoms with Crippen LogP contribution < -0.4 is 0 Å². The van der Waals surface area contributed by atoms with Gasteiger partial charge < -0.3 is 4.40 Å². The molecule has 4 rings (SSSR count). The first-order chi connectivity index (χ1) is 13.2. The van der Waals surface area contributed by atoms with Crippen LogP contribution in [0.5, 0.6) is 0 Å². The van der Waals surface area contributed by atoms with Crippen LogP contribution >= 0.6 is 11.8 Å². The highest BCUT2D eigenvalue weighted by Crippen LogP contribution is 2.27. The smallest absolute Gasteiger partial charge is 0.192 e. The third-order valence-corrected chi connectivity index (χ3v) is 5.24. The summed E-state index contributed by atoms with van der Waals surface area (Å²) in [6.45, 7) is 6.35. The molecule has 4 aromatic rings. The number of aromatic nitrogens is 5. The number of allylic oxidation sites excluding steroid dienone is 1. The molecule has 27 heavy (non-hydrogen) atoms. The number of imidazole rings is 1. The zero-order valence-electron chi connectivity index (χ0n) is 14.8. The van der Waals surface area contributed by atoms with Crippen molar-refractivity contribution >= 4 is 17.4 Å². The summed E-state index contributed by atoms with van der Waals surface area (Å²) in [6.07, 6.45) is 3.79. The van der Waals surface area contributed by atoms with Crippen LogP contribution in [0.2, 0.25) is 0 Å². The average molecular weight is 379 g/mol. The molecule has 0 atom stereocenters. The van der Waals surface area contributed by atoms with Gasteiger partial charge in [0.1, 0.15) is 11.5 Å². The predicted molar refractivity (Wildman–Crippen MR) is 105 cm³/mol. The summed E-state index contributed by atoms with van der Waals surface area (Å²) < 4.78 is 18.1. The van der Waals surface area contributed by atoms with Crippen LogP contribution in [0.4, 0.5) is 4.39 Å². The Labute approximate surface area is 160 Å². The Balaban J connectivity index is 1.62. The van der Waals surface area contributed by atoms with E-state index in [2.05, 4.69) is 26.2 Å². The van der Waals surface area contributed by atoms with E-state index in [1.54, 1.807) is 24.3 Å². The van der Waals surface area contributed by atoms with E-state index in [1.807, 2.05) is 35.9 Å². The molecular formula is C20H18FN5S. The van der Waals surface area contributed by atoms with Crippen molar-refractivity contribution in [1.82, 2.24) is 24.1 Å². The lowest BCUT2D eigenvalue weighted by Gasteiger charge is -2.07. The van der Waals surface area contributed by atoms with Gasteiger partial charge in [-0.2, -0.15) is 0 Å². The fourth-order valence-corrected chi connectivity index (χ4v) is 3.77. The number of hydrogen-bond donors (Lipinski definition) is 0. The van der Waals surface area contributed by atoms with E-state index in [9.17, 15) is 4.39 Å². The number of hydrogen-bond acceptors (Lipinski definition) is 4. The summed E-state index contributed by atoms with van der Waals surface area (Å²) in [6, 6.07) is 12.6. The molecule has 3 heterocycles. The third-order valence-electron chi connectivity index (χ3n) is 4.24. The van der Waals surface area contributed by atoms with Gasteiger partial charge in [-0.25, -0.2) is 9.37 Å². The summed E-state index contributed by atoms with van der Waals surface area (Å²) in [4.78, 5) is 4.65. The van der Waals surface area contributed by atoms with Gasteiger partial charge in [-0.15, -0.1) is 16.8 Å². The van der Waals surface area contributed by atoms with Gasteiger partial charge in [-0.3, -0.25) is 4.57 Å². The monoisotopic (exact) mass is 379 g/mol. The highest BCUT2D eigenvalue weighted by Gasteiger charge is 2.17. The number of nitrogens with zero attached hydrogens (tertiary/aromatic N) is 5. The van der Waals surface area contributed by atoms with Gasteiger partial charge in [0.2, 0.25) is 0 Å². The number of benzene rings is 1. The lowest BCUT2D eigenvalue weighted by atomic mass is 10.2. The topological polar surface area (TPSA) is 48.0 Å². The minimum Gasteiger partial charge on any atom is -0.304 e. The van der Waals surface area contributed by atoms with Gasteiger partial charge in [-0.05, 0) is 31.2 Å². The van der Waals surface area contributed by atoms with E-state index in [4.69, 9.17) is 0 Å². The van der Waals surface area contributed by atoms with Crippen molar-refractivity contribution in [2.24, 2.45) is 0 Å². The molecule has 136 valence electrons. The van der Waals surface area contributed by atoms with Crippen molar-refractivity contribution < 1.29 is 4.39 Å². The van der Waals surface area contributed by atoms with E-state index in [0.717, 1.165) is 17.0 Å². The largest absolute Gasteiger partial charge is 0.304 e. The van der Waals surface area contributed by atoms with Crippen molar-refractivity contribution in [3.05, 3.63) is 78.5 Å². The molecule has 0 amide bonds. The number of aryl methyl sites for hydroxylation is 1. The van der Waals surface area contributed by atoms with Crippen molar-refractivity contribution in [1.29, 1.82) is 0 Å². The first kappa shape index (κ1) is 17.5. The molecule has 0 unspecified atom stereocenters. The van der Waals surface area contributed by atoms with Crippen LogP contribution in [0, 0.1) is 12.7 Å². The van der Waals surface area contributed by atoms with E-state index in [0.29, 0.717) is 28.8 Å². The summed E-state index contributed by atoms with van der Waals surface area (Å²) in [5.41, 5.74) is 3.44. The van der Waals surface area contributed by atoms with Crippen molar-refractivity contribution in [3.8, 4) is 11.4 Å². The van der Waals surface area contributed by atoms with E-state index >= 15 is 0 Å². The van der Waals surface area contributed by atoms with Crippen molar-refractivity contribution in [2.75, 3.05) is 0 Å². The number of rotatable bonds is 6. The standard InChI is InChI=1S/C20H18FN5S/c1-3-11-25-19(16-8-4-5-9-17(16)21)23-24-20(25)27-13-15-12-26-14(2)7-6-10-18(26)22-15/h3-10,12H,1,11,13H2,2H3. The van der Waals surface area contributed by atoms with Gasteiger partial charge in [-0.1, -0.05) is 36.0 Å². The Hall–Kier alpha value is -2.93. The number of pyridine rings is 1. The first-order valence-electron chi connectivity index (χ1n) is 8.53. The molecule has 5 nitrogen and oxygen atoms in total. The summed E-state index contributed by atoms with van der Waals surface area (Å²) >= 11 is 1.53. The Bertz CT molecular complexity index is 1110. The molecule has 0 saturated carbocycles. The van der Waals surface area contributed by atoms with Crippen LogP contribution in [0.15, 0.2) is 66.5 Å². The molecule has 0 fully saturated rings. The number of halogens is 1. The summed E-state index contributed by atoms with van der Waals surface area (Å²) in [5, 5.41) is 9.19. The van der Waals surface area contributed by atoms with Crippen LogP contribution in [0.25, 0.3) is 17.0 Å². The van der Waals surface area contributed by atoms with E-state index in [-0.39, 0.29) is 5.82 Å². The highest BCUT2D eigenvalue weighted by atomic mass is 32.2. The molecule has 3 aromatic heterocycles. The summed E-state index contributed by atoms with van der Waals surface area (Å²) in [5.74, 6) is 0.831. The molecule has 0 spiro atoms. The van der Waals surface area contributed by atoms with Gasteiger partial charge >= 0.3 is 0 Å². The fraction of sp³-hybridized carbons (Fsp3) is 0.150. The first-order valence-corrected chi connectivity index (χ1v) is 9.51. The molecule has 7 heteroatoms. The second-order valence-corrected chi connectivity index (χ2v) is 7.04. The van der Waals surface area contributed by atoms with Crippen molar-refractivity contribution in [2.45, 2.75) is 24.4 Å². The summed E-state index contributed by atoms with van der Waals surface area (Å²) in [7, 11) is 0. The molecule has 0 aliphatic heterocycles. The predicted octanol–water partition coefficient (Wildman–Crippen LogP) is 4.52. The van der Waals surface area contributed by atoms with E-state index < -0.39 is 0 Å². The second-order valence-electron chi connectivity index (χ2n) is 6.10. The molecule has 0 N–H and O–H groups in total. The lowest BCUT2D eigenvalue weighted by molar-refractivity contribution is 0.626. The van der Waals surface area contributed by atoms with Gasteiger partial charge in [0.25, 0.3) is 0 Å². The Kier molecular flexibility index (Phi) is 4.77. The molecule has 0 saturated heterocycles. The van der Waals surface area contributed by atoms with Crippen LogP contribution in [-0.4, -0.2) is 24.1 Å². The highest BCUT2D eigenvalue weighted by molar-refractivity contribution is 7.98. The fourth-order valence-electron chi connectivity index (χ4n) is 2.94. The Morgan fingerprint density at radius 1 is 1.15 bits per heavy atom. The van der Waals surface area contributed by atoms with Gasteiger partial charge in [0, 0.05) is 24.2 Å². The molecule has 0 aliphatic carbocycles. The molecule has 0 aliphatic rings. The van der Waals surface area contributed by atoms with Gasteiger partial charge in [0.15, 0.2) is 11.0 Å². The van der Waals surface area contributed by atoms with E-state index in [1.165, 1.54) is 17.8 Å². The molecule has 0 bridgehead atoms. The van der Waals surface area contributed by atoms with Gasteiger partial charge in [0.05, 0.1) is 11.3 Å². The number of fused-ring (bicyclic) bond motifs is 1. The maximum Gasteiger partial charge on any atom is 0.192 e.